The molecule has 2 aromatic rings. The molecule has 1 saturated heterocycles. The topological polar surface area (TPSA) is 54.7 Å². The molecule has 2 heterocycles. The van der Waals surface area contributed by atoms with Crippen molar-refractivity contribution in [3.05, 3.63) is 48.5 Å². The second-order valence-electron chi connectivity index (χ2n) is 7.23. The largest absolute Gasteiger partial charge is 0.490 e. The number of aryl methyl sites for hydroxylation is 2. The number of nitrogens with one attached hydrogen (secondary N) is 1. The van der Waals surface area contributed by atoms with Gasteiger partial charge < -0.3 is 19.5 Å². The van der Waals surface area contributed by atoms with Gasteiger partial charge in [0.1, 0.15) is 17.7 Å². The van der Waals surface area contributed by atoms with Gasteiger partial charge in [-0.2, -0.15) is 0 Å². The van der Waals surface area contributed by atoms with Crippen molar-refractivity contribution < 1.29 is 4.74 Å². The minimum Gasteiger partial charge on any atom is -0.490 e. The number of halogens is 1. The van der Waals surface area contributed by atoms with Gasteiger partial charge in [-0.3, -0.25) is 4.99 Å². The number of nitrogens with zero attached hydrogens (tertiary/aromatic N) is 4. The zero-order chi connectivity index (χ0) is 19.6. The van der Waals surface area contributed by atoms with E-state index in [1.165, 1.54) is 0 Å². The van der Waals surface area contributed by atoms with Gasteiger partial charge in [-0.15, -0.1) is 24.0 Å². The first-order valence-corrected chi connectivity index (χ1v) is 10.5. The van der Waals surface area contributed by atoms with E-state index < -0.39 is 0 Å². The van der Waals surface area contributed by atoms with Gasteiger partial charge in [0, 0.05) is 58.0 Å². The number of aliphatic imine (C=N–C) groups is 1. The number of guanidine groups is 1. The average molecular weight is 511 g/mol. The SMILES string of the molecule is CCNC(=NCCCCn1ccnc1C)N1CCC(Oc2ccccc2)CC1.I. The van der Waals surface area contributed by atoms with Crippen LogP contribution in [0.3, 0.4) is 0 Å². The highest BCUT2D eigenvalue weighted by molar-refractivity contribution is 14.0. The summed E-state index contributed by atoms with van der Waals surface area (Å²) < 4.78 is 8.31. The lowest BCUT2D eigenvalue weighted by molar-refractivity contribution is 0.129. The van der Waals surface area contributed by atoms with Gasteiger partial charge in [0.15, 0.2) is 5.96 Å². The molecule has 0 unspecified atom stereocenters. The first-order valence-electron chi connectivity index (χ1n) is 10.5. The van der Waals surface area contributed by atoms with Crippen LogP contribution in [0.1, 0.15) is 38.4 Å². The smallest absolute Gasteiger partial charge is 0.193 e. The maximum atomic E-state index is 6.11. The van der Waals surface area contributed by atoms with Crippen molar-refractivity contribution in [1.29, 1.82) is 0 Å². The number of hydrogen-bond donors (Lipinski definition) is 1. The van der Waals surface area contributed by atoms with Crippen molar-refractivity contribution in [2.45, 2.75) is 52.2 Å². The molecule has 3 rings (SSSR count). The van der Waals surface area contributed by atoms with Crippen LogP contribution in [0.5, 0.6) is 5.75 Å². The lowest BCUT2D eigenvalue weighted by Crippen LogP contribution is -2.47. The Kier molecular flexibility index (Phi) is 10.3. The lowest BCUT2D eigenvalue weighted by Gasteiger charge is -2.34. The number of para-hydroxylation sites is 1. The third-order valence-electron chi connectivity index (χ3n) is 5.11. The molecule has 160 valence electrons. The molecule has 1 aromatic carbocycles. The van der Waals surface area contributed by atoms with Gasteiger partial charge in [-0.1, -0.05) is 18.2 Å². The molecule has 1 N–H and O–H groups in total. The molecule has 29 heavy (non-hydrogen) atoms. The van der Waals surface area contributed by atoms with Gasteiger partial charge in [-0.25, -0.2) is 4.98 Å². The summed E-state index contributed by atoms with van der Waals surface area (Å²) in [5.74, 6) is 3.09. The Bertz CT molecular complexity index is 726. The van der Waals surface area contributed by atoms with E-state index in [-0.39, 0.29) is 24.0 Å². The molecular formula is C22H34IN5O. The minimum absolute atomic E-state index is 0. The average Bonchev–Trinajstić information content (AvgIpc) is 3.13. The van der Waals surface area contributed by atoms with Crippen LogP contribution in [-0.2, 0) is 6.54 Å². The molecular weight excluding hydrogens is 477 g/mol. The zero-order valence-electron chi connectivity index (χ0n) is 17.6. The summed E-state index contributed by atoms with van der Waals surface area (Å²) in [6.07, 6.45) is 8.46. The van der Waals surface area contributed by atoms with Crippen LogP contribution in [0, 0.1) is 6.92 Å². The van der Waals surface area contributed by atoms with E-state index in [1.54, 1.807) is 0 Å². The second kappa shape index (κ2) is 12.7. The number of imidazole rings is 1. The van der Waals surface area contributed by atoms with Gasteiger partial charge in [0.25, 0.3) is 0 Å². The number of hydrogen-bond acceptors (Lipinski definition) is 3. The van der Waals surface area contributed by atoms with E-state index in [9.17, 15) is 0 Å². The predicted octanol–water partition coefficient (Wildman–Crippen LogP) is 4.10. The molecule has 0 spiro atoms. The van der Waals surface area contributed by atoms with E-state index in [0.29, 0.717) is 6.10 Å². The third kappa shape index (κ3) is 7.53. The van der Waals surface area contributed by atoms with Crippen molar-refractivity contribution >= 4 is 29.9 Å². The highest BCUT2D eigenvalue weighted by Gasteiger charge is 2.22. The van der Waals surface area contributed by atoms with Gasteiger partial charge in [0.05, 0.1) is 0 Å². The Morgan fingerprint density at radius 3 is 2.62 bits per heavy atom. The third-order valence-corrected chi connectivity index (χ3v) is 5.11. The van der Waals surface area contributed by atoms with E-state index in [1.807, 2.05) is 49.6 Å². The number of likely N-dealkylation sites (tertiary alicyclic amines) is 1. The van der Waals surface area contributed by atoms with Crippen molar-refractivity contribution in [3.63, 3.8) is 0 Å². The van der Waals surface area contributed by atoms with Crippen molar-refractivity contribution in [3.8, 4) is 5.75 Å². The van der Waals surface area contributed by atoms with Crippen molar-refractivity contribution in [2.24, 2.45) is 4.99 Å². The molecule has 1 aliphatic heterocycles. The van der Waals surface area contributed by atoms with Crippen molar-refractivity contribution in [2.75, 3.05) is 26.2 Å². The summed E-state index contributed by atoms with van der Waals surface area (Å²) in [5.41, 5.74) is 0. The Morgan fingerprint density at radius 1 is 1.21 bits per heavy atom. The summed E-state index contributed by atoms with van der Waals surface area (Å²) in [6, 6.07) is 10.1. The molecule has 1 aromatic heterocycles. The van der Waals surface area contributed by atoms with Gasteiger partial charge in [0.2, 0.25) is 0 Å². The molecule has 0 saturated carbocycles. The fourth-order valence-electron chi connectivity index (χ4n) is 3.52. The van der Waals surface area contributed by atoms with E-state index >= 15 is 0 Å². The lowest BCUT2D eigenvalue weighted by atomic mass is 10.1. The first-order chi connectivity index (χ1) is 13.8. The second-order valence-corrected chi connectivity index (χ2v) is 7.23. The Balaban J connectivity index is 0.00000300. The highest BCUT2D eigenvalue weighted by Crippen LogP contribution is 2.18. The molecule has 1 aliphatic rings. The zero-order valence-corrected chi connectivity index (χ0v) is 19.9. The Hall–Kier alpha value is -1.77. The Labute approximate surface area is 191 Å². The summed E-state index contributed by atoms with van der Waals surface area (Å²) in [7, 11) is 0. The normalized spacial score (nSPS) is 15.1. The monoisotopic (exact) mass is 511 g/mol. The quantitative estimate of drug-likeness (QED) is 0.251. The van der Waals surface area contributed by atoms with E-state index in [4.69, 9.17) is 9.73 Å². The van der Waals surface area contributed by atoms with Crippen LogP contribution in [0.2, 0.25) is 0 Å². The number of rotatable bonds is 8. The molecule has 6 nitrogen and oxygen atoms in total. The standard InChI is InChI=1S/C22H33N5O.HI/c1-3-23-22(25-13-7-8-15-26-18-14-24-19(26)2)27-16-11-21(12-17-27)28-20-9-5-4-6-10-20;/h4-6,9-10,14,18,21H,3,7-8,11-13,15-17H2,1-2H3,(H,23,25);1H. The van der Waals surface area contributed by atoms with Crippen LogP contribution < -0.4 is 10.1 Å². The van der Waals surface area contributed by atoms with Crippen LogP contribution in [0.25, 0.3) is 0 Å². The molecule has 0 bridgehead atoms. The Morgan fingerprint density at radius 2 is 1.97 bits per heavy atom. The maximum absolute atomic E-state index is 6.11. The summed E-state index contributed by atoms with van der Waals surface area (Å²) in [4.78, 5) is 11.5. The number of unbranched alkanes of at least 4 members (excludes halogenated alkanes) is 1. The number of piperidine rings is 1. The summed E-state index contributed by atoms with van der Waals surface area (Å²) >= 11 is 0. The van der Waals surface area contributed by atoms with E-state index in [0.717, 1.165) is 75.9 Å². The fourth-order valence-corrected chi connectivity index (χ4v) is 3.52. The predicted molar refractivity (Wildman–Crippen MR) is 129 cm³/mol. The van der Waals surface area contributed by atoms with Crippen LogP contribution >= 0.6 is 24.0 Å². The first kappa shape index (κ1) is 23.5. The molecule has 0 radical (unpaired) electrons. The van der Waals surface area contributed by atoms with E-state index in [2.05, 4.69) is 26.7 Å². The minimum atomic E-state index is 0. The van der Waals surface area contributed by atoms with Gasteiger partial charge >= 0.3 is 0 Å². The number of aromatic nitrogens is 2. The number of ether oxygens (including phenoxy) is 1. The molecule has 1 fully saturated rings. The summed E-state index contributed by atoms with van der Waals surface area (Å²) in [5, 5.41) is 3.45. The van der Waals surface area contributed by atoms with Crippen LogP contribution in [0.15, 0.2) is 47.7 Å². The molecule has 0 atom stereocenters. The summed E-state index contributed by atoms with van der Waals surface area (Å²) in [6.45, 7) is 8.91. The van der Waals surface area contributed by atoms with Crippen molar-refractivity contribution in [1.82, 2.24) is 19.8 Å². The number of benzene rings is 1. The fraction of sp³-hybridized carbons (Fsp3) is 0.545. The molecule has 0 aliphatic carbocycles. The molecule has 0 amide bonds. The van der Waals surface area contributed by atoms with Gasteiger partial charge in [-0.05, 0) is 38.8 Å². The highest BCUT2D eigenvalue weighted by atomic mass is 127. The van der Waals surface area contributed by atoms with Crippen LogP contribution in [-0.4, -0.2) is 52.7 Å². The molecule has 7 heteroatoms. The van der Waals surface area contributed by atoms with Crippen LogP contribution in [0.4, 0.5) is 0 Å². The maximum Gasteiger partial charge on any atom is 0.193 e.